The van der Waals surface area contributed by atoms with E-state index in [1.807, 2.05) is 0 Å². The number of carboxylic acids is 1. The number of hydrogen-bond acceptors (Lipinski definition) is 4. The summed E-state index contributed by atoms with van der Waals surface area (Å²) in [7, 11) is 0. The van der Waals surface area contributed by atoms with E-state index >= 15 is 0 Å². The molecule has 1 saturated heterocycles. The first-order chi connectivity index (χ1) is 8.52. The number of carbonyl (C=O) groups is 2. The molecule has 4 N–H and O–H groups in total. The Bertz CT molecular complexity index is 288. The molecule has 0 aromatic rings. The Hall–Kier alpha value is -1.14. The van der Waals surface area contributed by atoms with Crippen LogP contribution < -0.4 is 11.1 Å². The molecule has 0 bridgehead atoms. The van der Waals surface area contributed by atoms with Gasteiger partial charge in [0.05, 0.1) is 6.04 Å². The smallest absolute Gasteiger partial charge is 0.303 e. The van der Waals surface area contributed by atoms with Crippen LogP contribution in [0.2, 0.25) is 0 Å². The van der Waals surface area contributed by atoms with Crippen LogP contribution in [0.25, 0.3) is 0 Å². The van der Waals surface area contributed by atoms with Gasteiger partial charge in [-0.3, -0.25) is 9.59 Å². The summed E-state index contributed by atoms with van der Waals surface area (Å²) in [4.78, 5) is 24.5. The maximum Gasteiger partial charge on any atom is 0.303 e. The molecule has 0 aliphatic carbocycles. The van der Waals surface area contributed by atoms with Crippen molar-refractivity contribution >= 4 is 11.9 Å². The number of amides is 1. The summed E-state index contributed by atoms with van der Waals surface area (Å²) in [5.74, 6) is -1.15. The standard InChI is InChI=1S/C12H23N3O3/c1-2-15-7-5-9(6-8-15)14-12(18)10(13)3-4-11(16)17/h9-10H,2-8,13H2,1H3,(H,14,18)(H,16,17). The zero-order chi connectivity index (χ0) is 13.5. The zero-order valence-corrected chi connectivity index (χ0v) is 10.9. The molecular weight excluding hydrogens is 234 g/mol. The zero-order valence-electron chi connectivity index (χ0n) is 10.9. The molecular formula is C12H23N3O3. The van der Waals surface area contributed by atoms with Crippen LogP contribution in [-0.4, -0.2) is 53.6 Å². The van der Waals surface area contributed by atoms with E-state index in [1.54, 1.807) is 0 Å². The van der Waals surface area contributed by atoms with Gasteiger partial charge < -0.3 is 21.1 Å². The average Bonchev–Trinajstić information content (AvgIpc) is 2.36. The Morgan fingerprint density at radius 1 is 1.44 bits per heavy atom. The van der Waals surface area contributed by atoms with Gasteiger partial charge in [0.25, 0.3) is 0 Å². The van der Waals surface area contributed by atoms with Gasteiger partial charge in [-0.2, -0.15) is 0 Å². The summed E-state index contributed by atoms with van der Waals surface area (Å²) in [6.07, 6.45) is 1.99. The number of aliphatic carboxylic acids is 1. The Kier molecular flexibility index (Phi) is 6.07. The van der Waals surface area contributed by atoms with E-state index in [0.717, 1.165) is 32.5 Å². The van der Waals surface area contributed by atoms with Gasteiger partial charge in [0.1, 0.15) is 0 Å². The number of likely N-dealkylation sites (tertiary alicyclic amines) is 1. The maximum atomic E-state index is 11.7. The summed E-state index contributed by atoms with van der Waals surface area (Å²) in [5, 5.41) is 11.4. The van der Waals surface area contributed by atoms with Gasteiger partial charge in [0.15, 0.2) is 0 Å². The van der Waals surface area contributed by atoms with Crippen LogP contribution in [-0.2, 0) is 9.59 Å². The van der Waals surface area contributed by atoms with Gasteiger partial charge in [0.2, 0.25) is 5.91 Å². The van der Waals surface area contributed by atoms with Crippen molar-refractivity contribution in [2.75, 3.05) is 19.6 Å². The molecule has 0 spiro atoms. The van der Waals surface area contributed by atoms with E-state index in [0.29, 0.717) is 0 Å². The van der Waals surface area contributed by atoms with Crippen molar-refractivity contribution in [1.29, 1.82) is 0 Å². The number of rotatable bonds is 6. The van der Waals surface area contributed by atoms with Crippen molar-refractivity contribution in [2.24, 2.45) is 5.73 Å². The first-order valence-electron chi connectivity index (χ1n) is 6.53. The number of nitrogens with two attached hydrogens (primary N) is 1. The highest BCUT2D eigenvalue weighted by molar-refractivity contribution is 5.82. The van der Waals surface area contributed by atoms with Gasteiger partial charge in [-0.05, 0) is 25.8 Å². The second kappa shape index (κ2) is 7.33. The van der Waals surface area contributed by atoms with Crippen LogP contribution in [0.15, 0.2) is 0 Å². The highest BCUT2D eigenvalue weighted by Crippen LogP contribution is 2.10. The summed E-state index contributed by atoms with van der Waals surface area (Å²) >= 11 is 0. The van der Waals surface area contributed by atoms with Crippen LogP contribution in [0.4, 0.5) is 0 Å². The molecule has 6 heteroatoms. The third kappa shape index (κ3) is 5.01. The molecule has 1 fully saturated rings. The molecule has 6 nitrogen and oxygen atoms in total. The lowest BCUT2D eigenvalue weighted by molar-refractivity contribution is -0.137. The fourth-order valence-electron chi connectivity index (χ4n) is 2.11. The minimum absolute atomic E-state index is 0.0666. The molecule has 1 amide bonds. The highest BCUT2D eigenvalue weighted by atomic mass is 16.4. The Balaban J connectivity index is 2.25. The molecule has 0 radical (unpaired) electrons. The normalized spacial score (nSPS) is 19.4. The van der Waals surface area contributed by atoms with Crippen molar-refractivity contribution in [3.05, 3.63) is 0 Å². The van der Waals surface area contributed by atoms with Crippen LogP contribution in [0, 0.1) is 0 Å². The number of carbonyl (C=O) groups excluding carboxylic acids is 1. The summed E-state index contributed by atoms with van der Waals surface area (Å²) in [5.41, 5.74) is 5.65. The number of hydrogen-bond donors (Lipinski definition) is 3. The average molecular weight is 257 g/mol. The molecule has 1 atom stereocenters. The van der Waals surface area contributed by atoms with Gasteiger partial charge in [-0.25, -0.2) is 0 Å². The number of nitrogens with one attached hydrogen (secondary N) is 1. The van der Waals surface area contributed by atoms with Crippen molar-refractivity contribution in [1.82, 2.24) is 10.2 Å². The monoisotopic (exact) mass is 257 g/mol. The Morgan fingerprint density at radius 3 is 2.56 bits per heavy atom. The predicted octanol–water partition coefficient (Wildman–Crippen LogP) is -0.221. The van der Waals surface area contributed by atoms with Crippen molar-refractivity contribution in [3.8, 4) is 0 Å². The molecule has 1 unspecified atom stereocenters. The van der Waals surface area contributed by atoms with Crippen LogP contribution in [0.5, 0.6) is 0 Å². The predicted molar refractivity (Wildman–Crippen MR) is 68.1 cm³/mol. The lowest BCUT2D eigenvalue weighted by Crippen LogP contribution is -2.49. The number of piperidine rings is 1. The van der Waals surface area contributed by atoms with Gasteiger partial charge in [-0.1, -0.05) is 6.92 Å². The third-order valence-electron chi connectivity index (χ3n) is 3.39. The van der Waals surface area contributed by atoms with Crippen LogP contribution >= 0.6 is 0 Å². The molecule has 1 aliphatic heterocycles. The SMILES string of the molecule is CCN1CCC(NC(=O)C(N)CCC(=O)O)CC1. The van der Waals surface area contributed by atoms with Crippen LogP contribution in [0.3, 0.4) is 0 Å². The lowest BCUT2D eigenvalue weighted by Gasteiger charge is -2.31. The molecule has 104 valence electrons. The summed E-state index contributed by atoms with van der Waals surface area (Å²) < 4.78 is 0. The number of nitrogens with zero attached hydrogens (tertiary/aromatic N) is 1. The van der Waals surface area contributed by atoms with Gasteiger partial charge >= 0.3 is 5.97 Å². The van der Waals surface area contributed by atoms with E-state index in [1.165, 1.54) is 0 Å². The summed E-state index contributed by atoms with van der Waals surface area (Å²) in [6.45, 7) is 5.15. The highest BCUT2D eigenvalue weighted by Gasteiger charge is 2.22. The van der Waals surface area contributed by atoms with Crippen LogP contribution in [0.1, 0.15) is 32.6 Å². The third-order valence-corrected chi connectivity index (χ3v) is 3.39. The maximum absolute atomic E-state index is 11.7. The van der Waals surface area contributed by atoms with E-state index in [4.69, 9.17) is 10.8 Å². The molecule has 0 aromatic carbocycles. The fourth-order valence-corrected chi connectivity index (χ4v) is 2.11. The molecule has 1 aliphatic rings. The minimum Gasteiger partial charge on any atom is -0.481 e. The first-order valence-corrected chi connectivity index (χ1v) is 6.53. The molecule has 1 heterocycles. The van der Waals surface area contributed by atoms with E-state index in [2.05, 4.69) is 17.1 Å². The van der Waals surface area contributed by atoms with Crippen molar-refractivity contribution < 1.29 is 14.7 Å². The lowest BCUT2D eigenvalue weighted by atomic mass is 10.0. The van der Waals surface area contributed by atoms with E-state index in [9.17, 15) is 9.59 Å². The van der Waals surface area contributed by atoms with Crippen molar-refractivity contribution in [3.63, 3.8) is 0 Å². The molecule has 0 aromatic heterocycles. The second-order valence-corrected chi connectivity index (χ2v) is 4.76. The first kappa shape index (κ1) is 14.9. The topological polar surface area (TPSA) is 95.7 Å². The van der Waals surface area contributed by atoms with Gasteiger partial charge in [-0.15, -0.1) is 0 Å². The molecule has 1 rings (SSSR count). The Morgan fingerprint density at radius 2 is 2.06 bits per heavy atom. The summed E-state index contributed by atoms with van der Waals surface area (Å²) in [6, 6.07) is -0.540. The van der Waals surface area contributed by atoms with Gasteiger partial charge in [0, 0.05) is 25.6 Å². The number of carboxylic acid groups (broad SMARTS) is 1. The second-order valence-electron chi connectivity index (χ2n) is 4.76. The minimum atomic E-state index is -0.922. The fraction of sp³-hybridized carbons (Fsp3) is 0.833. The Labute approximate surface area is 108 Å². The molecule has 18 heavy (non-hydrogen) atoms. The van der Waals surface area contributed by atoms with E-state index < -0.39 is 12.0 Å². The van der Waals surface area contributed by atoms with E-state index in [-0.39, 0.29) is 24.8 Å². The largest absolute Gasteiger partial charge is 0.481 e. The van der Waals surface area contributed by atoms with Crippen molar-refractivity contribution in [2.45, 2.75) is 44.7 Å². The quantitative estimate of drug-likeness (QED) is 0.611. The molecule has 0 saturated carbocycles.